The minimum Gasteiger partial charge on any atom is -0.361 e. The van der Waals surface area contributed by atoms with Crippen LogP contribution in [0.3, 0.4) is 0 Å². The predicted molar refractivity (Wildman–Crippen MR) is 138 cm³/mol. The van der Waals surface area contributed by atoms with Crippen molar-refractivity contribution in [3.63, 3.8) is 0 Å². The van der Waals surface area contributed by atoms with Crippen LogP contribution in [-0.2, 0) is 11.2 Å². The Hall–Kier alpha value is -2.30. The number of nitrogens with zero attached hydrogens (tertiary/aromatic N) is 1. The van der Waals surface area contributed by atoms with Crippen molar-refractivity contribution in [2.45, 2.75) is 64.3 Å². The van der Waals surface area contributed by atoms with E-state index in [0.29, 0.717) is 17.5 Å². The van der Waals surface area contributed by atoms with Crippen molar-refractivity contribution in [1.29, 1.82) is 0 Å². The van der Waals surface area contributed by atoms with Gasteiger partial charge in [-0.2, -0.15) is 0 Å². The summed E-state index contributed by atoms with van der Waals surface area (Å²) in [7, 11) is 0. The fourth-order valence-electron chi connectivity index (χ4n) is 5.18. The Kier molecular flexibility index (Phi) is 8.11. The highest BCUT2D eigenvalue weighted by atomic mass is 35.5. The van der Waals surface area contributed by atoms with Crippen molar-refractivity contribution in [3.8, 4) is 0 Å². The molecule has 0 unspecified atom stereocenters. The molecule has 1 saturated heterocycles. The van der Waals surface area contributed by atoms with Crippen molar-refractivity contribution in [2.24, 2.45) is 0 Å². The average molecular weight is 466 g/mol. The average Bonchev–Trinajstić information content (AvgIpc) is 3.26. The minimum absolute atomic E-state index is 0.0229. The summed E-state index contributed by atoms with van der Waals surface area (Å²) in [6.45, 7) is 7.46. The molecule has 1 fully saturated rings. The molecule has 3 aromatic rings. The maximum Gasteiger partial charge on any atom is 0.220 e. The highest BCUT2D eigenvalue weighted by Crippen LogP contribution is 2.35. The number of H-pyrrole nitrogens is 1. The fraction of sp³-hybridized carbons (Fsp3) is 0.464. The SMILES string of the molecule is CCc1cccc2c([C@@H](CC(=O)NCCCN3CCCC[C@H]3C)c3ccc(Cl)cc3)c[nH]c12. The van der Waals surface area contributed by atoms with Crippen molar-refractivity contribution in [3.05, 3.63) is 70.4 Å². The molecule has 1 amide bonds. The number of piperidine rings is 1. The van der Waals surface area contributed by atoms with E-state index in [9.17, 15) is 4.79 Å². The zero-order valence-corrected chi connectivity index (χ0v) is 20.6. The zero-order chi connectivity index (χ0) is 23.2. The molecule has 2 aromatic carbocycles. The molecular weight excluding hydrogens is 430 g/mol. The summed E-state index contributed by atoms with van der Waals surface area (Å²) in [6.07, 6.45) is 8.39. The first kappa shape index (κ1) is 23.8. The second-order valence-corrected chi connectivity index (χ2v) is 9.77. The number of hydrogen-bond donors (Lipinski definition) is 2. The molecule has 0 radical (unpaired) electrons. The monoisotopic (exact) mass is 465 g/mol. The first-order valence-electron chi connectivity index (χ1n) is 12.4. The van der Waals surface area contributed by atoms with Crippen LogP contribution >= 0.6 is 11.6 Å². The molecule has 0 bridgehead atoms. The van der Waals surface area contributed by atoms with Gasteiger partial charge in [0.2, 0.25) is 5.91 Å². The highest BCUT2D eigenvalue weighted by molar-refractivity contribution is 6.30. The number of aromatic nitrogens is 1. The van der Waals surface area contributed by atoms with Gasteiger partial charge in [0, 0.05) is 53.6 Å². The Labute approximate surface area is 202 Å². The molecule has 2 heterocycles. The van der Waals surface area contributed by atoms with E-state index in [1.165, 1.54) is 47.8 Å². The number of para-hydroxylation sites is 1. The van der Waals surface area contributed by atoms with E-state index in [0.717, 1.165) is 31.5 Å². The Bertz CT molecular complexity index is 1060. The van der Waals surface area contributed by atoms with Gasteiger partial charge in [-0.1, -0.05) is 55.3 Å². The van der Waals surface area contributed by atoms with Crippen LogP contribution in [0.15, 0.2) is 48.7 Å². The van der Waals surface area contributed by atoms with Gasteiger partial charge in [0.25, 0.3) is 0 Å². The Morgan fingerprint density at radius 3 is 2.79 bits per heavy atom. The predicted octanol–water partition coefficient (Wildman–Crippen LogP) is 6.29. The van der Waals surface area contributed by atoms with E-state index in [4.69, 9.17) is 11.6 Å². The molecule has 1 aliphatic rings. The number of halogens is 1. The van der Waals surface area contributed by atoms with Gasteiger partial charge in [-0.25, -0.2) is 0 Å². The number of aromatic amines is 1. The lowest BCUT2D eigenvalue weighted by Crippen LogP contribution is -2.39. The number of rotatable bonds is 9. The molecule has 1 aromatic heterocycles. The molecule has 4 rings (SSSR count). The quantitative estimate of drug-likeness (QED) is 0.365. The number of carbonyl (C=O) groups excluding carboxylic acids is 1. The highest BCUT2D eigenvalue weighted by Gasteiger charge is 2.22. The number of hydrogen-bond acceptors (Lipinski definition) is 2. The molecule has 4 nitrogen and oxygen atoms in total. The molecule has 0 aliphatic carbocycles. The van der Waals surface area contributed by atoms with Gasteiger partial charge >= 0.3 is 0 Å². The maximum atomic E-state index is 13.0. The largest absolute Gasteiger partial charge is 0.361 e. The second-order valence-electron chi connectivity index (χ2n) is 9.33. The first-order valence-corrected chi connectivity index (χ1v) is 12.8. The number of benzene rings is 2. The van der Waals surface area contributed by atoms with Gasteiger partial charge in [-0.05, 0) is 68.0 Å². The third-order valence-corrected chi connectivity index (χ3v) is 7.39. The number of amides is 1. The van der Waals surface area contributed by atoms with Crippen LogP contribution in [-0.4, -0.2) is 41.5 Å². The molecule has 5 heteroatoms. The molecule has 0 saturated carbocycles. The number of fused-ring (bicyclic) bond motifs is 1. The normalized spacial score (nSPS) is 17.8. The first-order chi connectivity index (χ1) is 16.1. The van der Waals surface area contributed by atoms with Gasteiger partial charge in [0.15, 0.2) is 0 Å². The Morgan fingerprint density at radius 2 is 2.03 bits per heavy atom. The van der Waals surface area contributed by atoms with E-state index in [-0.39, 0.29) is 11.8 Å². The molecule has 176 valence electrons. The molecule has 1 aliphatic heterocycles. The van der Waals surface area contributed by atoms with Crippen molar-refractivity contribution in [2.75, 3.05) is 19.6 Å². The summed E-state index contributed by atoms with van der Waals surface area (Å²) in [5, 5.41) is 5.08. The van der Waals surface area contributed by atoms with E-state index in [2.05, 4.69) is 53.4 Å². The Balaban J connectivity index is 1.46. The Morgan fingerprint density at radius 1 is 1.21 bits per heavy atom. The molecular formula is C28H36ClN3O. The van der Waals surface area contributed by atoms with Gasteiger partial charge in [-0.3, -0.25) is 4.79 Å². The van der Waals surface area contributed by atoms with Gasteiger partial charge in [-0.15, -0.1) is 0 Å². The van der Waals surface area contributed by atoms with E-state index in [1.807, 2.05) is 24.3 Å². The summed E-state index contributed by atoms with van der Waals surface area (Å²) < 4.78 is 0. The molecule has 2 N–H and O–H groups in total. The molecule has 33 heavy (non-hydrogen) atoms. The van der Waals surface area contributed by atoms with Gasteiger partial charge < -0.3 is 15.2 Å². The molecule has 2 atom stereocenters. The number of carbonyl (C=O) groups is 1. The van der Waals surface area contributed by atoms with Crippen LogP contribution < -0.4 is 5.32 Å². The fourth-order valence-corrected chi connectivity index (χ4v) is 5.31. The van der Waals surface area contributed by atoms with E-state index < -0.39 is 0 Å². The van der Waals surface area contributed by atoms with Crippen LogP contribution in [0.2, 0.25) is 5.02 Å². The smallest absolute Gasteiger partial charge is 0.220 e. The van der Waals surface area contributed by atoms with Crippen molar-refractivity contribution < 1.29 is 4.79 Å². The van der Waals surface area contributed by atoms with Gasteiger partial charge in [0.05, 0.1) is 0 Å². The summed E-state index contributed by atoms with van der Waals surface area (Å²) in [4.78, 5) is 19.0. The maximum absolute atomic E-state index is 13.0. The van der Waals surface area contributed by atoms with Crippen LogP contribution in [0.25, 0.3) is 10.9 Å². The lowest BCUT2D eigenvalue weighted by Gasteiger charge is -2.33. The second kappa shape index (κ2) is 11.2. The summed E-state index contributed by atoms with van der Waals surface area (Å²) in [6, 6.07) is 15.0. The summed E-state index contributed by atoms with van der Waals surface area (Å²) in [5.41, 5.74) is 4.74. The molecule has 0 spiro atoms. The summed E-state index contributed by atoms with van der Waals surface area (Å²) >= 11 is 6.15. The van der Waals surface area contributed by atoms with Gasteiger partial charge in [0.1, 0.15) is 0 Å². The van der Waals surface area contributed by atoms with Crippen LogP contribution in [0.1, 0.15) is 68.6 Å². The van der Waals surface area contributed by atoms with Crippen LogP contribution in [0.5, 0.6) is 0 Å². The summed E-state index contributed by atoms with van der Waals surface area (Å²) in [5.74, 6) is 0.0767. The lowest BCUT2D eigenvalue weighted by atomic mass is 9.87. The number of likely N-dealkylation sites (tertiary alicyclic amines) is 1. The lowest BCUT2D eigenvalue weighted by molar-refractivity contribution is -0.121. The van der Waals surface area contributed by atoms with E-state index in [1.54, 1.807) is 0 Å². The topological polar surface area (TPSA) is 48.1 Å². The van der Waals surface area contributed by atoms with Crippen molar-refractivity contribution >= 4 is 28.4 Å². The van der Waals surface area contributed by atoms with Crippen LogP contribution in [0.4, 0.5) is 0 Å². The third-order valence-electron chi connectivity index (χ3n) is 7.14. The third kappa shape index (κ3) is 5.80. The van der Waals surface area contributed by atoms with Crippen molar-refractivity contribution in [1.82, 2.24) is 15.2 Å². The standard InChI is InChI=1S/C28H36ClN3O/c1-3-21-9-6-10-24-26(19-31-28(21)24)25(22-11-13-23(29)14-12-22)18-27(33)30-15-7-17-32-16-5-4-8-20(32)2/h6,9-14,19-20,25,31H,3-5,7-8,15-18H2,1-2H3,(H,30,33)/t20-,25+/m1/s1. The number of nitrogens with one attached hydrogen (secondary N) is 2. The zero-order valence-electron chi connectivity index (χ0n) is 19.9. The minimum atomic E-state index is -0.0229. The van der Waals surface area contributed by atoms with Crippen LogP contribution in [0, 0.1) is 0 Å². The van der Waals surface area contributed by atoms with E-state index >= 15 is 0 Å². The number of aryl methyl sites for hydroxylation is 1.